The summed E-state index contributed by atoms with van der Waals surface area (Å²) in [5.41, 5.74) is 1.23. The van der Waals surface area contributed by atoms with E-state index in [1.165, 1.54) is 24.8 Å². The summed E-state index contributed by atoms with van der Waals surface area (Å²) in [6.07, 6.45) is 4.80. The second kappa shape index (κ2) is 7.39. The Bertz CT molecular complexity index is 281. The molecule has 0 spiro atoms. The molecule has 0 heterocycles. The fraction of sp³-hybridized carbons (Fsp3) is 0.571. The highest BCUT2D eigenvalue weighted by atomic mass is 19.1. The van der Waals surface area contributed by atoms with Gasteiger partial charge in [-0.15, -0.1) is 0 Å². The number of unbranched alkanes of at least 4 members (excludes halogenated alkanes) is 1. The molecule has 1 nitrogen and oxygen atoms in total. The predicted octanol–water partition coefficient (Wildman–Crippen LogP) is 3.39. The van der Waals surface area contributed by atoms with Crippen molar-refractivity contribution < 1.29 is 4.39 Å². The van der Waals surface area contributed by atoms with E-state index in [2.05, 4.69) is 12.2 Å². The zero-order valence-corrected chi connectivity index (χ0v) is 10.3. The minimum Gasteiger partial charge on any atom is -0.319 e. The minimum atomic E-state index is -0.150. The Kier molecular flexibility index (Phi) is 6.09. The molecule has 0 aliphatic heterocycles. The molecule has 0 saturated heterocycles. The lowest BCUT2D eigenvalue weighted by atomic mass is 9.94. The van der Waals surface area contributed by atoms with Gasteiger partial charge in [-0.2, -0.15) is 0 Å². The summed E-state index contributed by atoms with van der Waals surface area (Å²) in [6, 6.07) is 6.88. The molecule has 0 amide bonds. The molecule has 1 aromatic rings. The molecule has 0 radical (unpaired) electrons. The Hall–Kier alpha value is -0.890. The van der Waals surface area contributed by atoms with E-state index in [1.54, 1.807) is 12.1 Å². The van der Waals surface area contributed by atoms with Gasteiger partial charge in [0.15, 0.2) is 0 Å². The van der Waals surface area contributed by atoms with Crippen LogP contribution in [-0.2, 0) is 6.42 Å². The predicted molar refractivity (Wildman–Crippen MR) is 67.0 cm³/mol. The molecule has 0 bridgehead atoms. The lowest BCUT2D eigenvalue weighted by Crippen LogP contribution is -2.20. The van der Waals surface area contributed by atoms with Crippen LogP contribution in [0.4, 0.5) is 4.39 Å². The second-order valence-electron chi connectivity index (χ2n) is 4.40. The molecule has 0 saturated carbocycles. The number of benzene rings is 1. The van der Waals surface area contributed by atoms with Crippen LogP contribution >= 0.6 is 0 Å². The van der Waals surface area contributed by atoms with Gasteiger partial charge < -0.3 is 5.32 Å². The number of nitrogens with one attached hydrogen (secondary N) is 1. The zero-order valence-electron chi connectivity index (χ0n) is 10.3. The van der Waals surface area contributed by atoms with Crippen LogP contribution in [0.5, 0.6) is 0 Å². The molecular formula is C14H22FN. The fourth-order valence-electron chi connectivity index (χ4n) is 2.01. The summed E-state index contributed by atoms with van der Waals surface area (Å²) < 4.78 is 12.8. The summed E-state index contributed by atoms with van der Waals surface area (Å²) in [6.45, 7) is 3.26. The summed E-state index contributed by atoms with van der Waals surface area (Å²) in [5.74, 6) is 0.512. The Morgan fingerprint density at radius 1 is 1.25 bits per heavy atom. The van der Waals surface area contributed by atoms with Crippen molar-refractivity contribution in [3.63, 3.8) is 0 Å². The molecule has 90 valence electrons. The average Bonchev–Trinajstić information content (AvgIpc) is 2.29. The third kappa shape index (κ3) is 4.75. The van der Waals surface area contributed by atoms with Gasteiger partial charge in [-0.05, 0) is 50.0 Å². The summed E-state index contributed by atoms with van der Waals surface area (Å²) in [7, 11) is 1.99. The monoisotopic (exact) mass is 223 g/mol. The van der Waals surface area contributed by atoms with Crippen LogP contribution in [0.1, 0.15) is 31.7 Å². The smallest absolute Gasteiger partial charge is 0.123 e. The van der Waals surface area contributed by atoms with Crippen LogP contribution in [0.2, 0.25) is 0 Å². The molecule has 0 fully saturated rings. The van der Waals surface area contributed by atoms with Crippen molar-refractivity contribution in [1.82, 2.24) is 5.32 Å². The maximum Gasteiger partial charge on any atom is 0.123 e. The minimum absolute atomic E-state index is 0.150. The molecule has 16 heavy (non-hydrogen) atoms. The molecule has 0 aliphatic rings. The van der Waals surface area contributed by atoms with Crippen molar-refractivity contribution in [2.24, 2.45) is 5.92 Å². The van der Waals surface area contributed by atoms with E-state index in [0.717, 1.165) is 13.0 Å². The van der Waals surface area contributed by atoms with Gasteiger partial charge in [0.1, 0.15) is 5.82 Å². The van der Waals surface area contributed by atoms with E-state index in [0.29, 0.717) is 5.92 Å². The maximum atomic E-state index is 12.8. The highest BCUT2D eigenvalue weighted by Gasteiger charge is 2.08. The average molecular weight is 223 g/mol. The van der Waals surface area contributed by atoms with Crippen LogP contribution in [0.3, 0.4) is 0 Å². The summed E-state index contributed by atoms with van der Waals surface area (Å²) in [5, 5.41) is 3.23. The van der Waals surface area contributed by atoms with Crippen molar-refractivity contribution >= 4 is 0 Å². The number of hydrogen-bond donors (Lipinski definition) is 1. The van der Waals surface area contributed by atoms with Crippen molar-refractivity contribution in [2.45, 2.75) is 32.6 Å². The van der Waals surface area contributed by atoms with Gasteiger partial charge >= 0.3 is 0 Å². The van der Waals surface area contributed by atoms with Gasteiger partial charge in [0, 0.05) is 0 Å². The first kappa shape index (κ1) is 13.2. The molecule has 0 aliphatic carbocycles. The quantitative estimate of drug-likeness (QED) is 0.747. The first-order chi connectivity index (χ1) is 7.76. The summed E-state index contributed by atoms with van der Waals surface area (Å²) >= 11 is 0. The largest absolute Gasteiger partial charge is 0.319 e. The highest BCUT2D eigenvalue weighted by Crippen LogP contribution is 2.15. The lowest BCUT2D eigenvalue weighted by molar-refractivity contribution is 0.444. The van der Waals surface area contributed by atoms with Crippen LogP contribution in [0.15, 0.2) is 24.3 Å². The first-order valence-corrected chi connectivity index (χ1v) is 6.15. The molecule has 1 N–H and O–H groups in total. The van der Waals surface area contributed by atoms with E-state index >= 15 is 0 Å². The SMILES string of the molecule is CCCCC(CNC)Cc1ccc(F)cc1. The molecule has 0 aromatic heterocycles. The molecular weight excluding hydrogens is 201 g/mol. The number of rotatable bonds is 7. The maximum absolute atomic E-state index is 12.8. The third-order valence-corrected chi connectivity index (χ3v) is 2.90. The van der Waals surface area contributed by atoms with Crippen molar-refractivity contribution in [3.05, 3.63) is 35.6 Å². The third-order valence-electron chi connectivity index (χ3n) is 2.90. The zero-order chi connectivity index (χ0) is 11.8. The van der Waals surface area contributed by atoms with Crippen LogP contribution in [0.25, 0.3) is 0 Å². The van der Waals surface area contributed by atoms with Crippen LogP contribution in [-0.4, -0.2) is 13.6 Å². The van der Waals surface area contributed by atoms with Gasteiger partial charge in [0.05, 0.1) is 0 Å². The van der Waals surface area contributed by atoms with E-state index in [9.17, 15) is 4.39 Å². The highest BCUT2D eigenvalue weighted by molar-refractivity contribution is 5.16. The van der Waals surface area contributed by atoms with Gasteiger partial charge in [-0.1, -0.05) is 31.9 Å². The Labute approximate surface area is 98.1 Å². The molecule has 1 aromatic carbocycles. The van der Waals surface area contributed by atoms with Crippen molar-refractivity contribution in [2.75, 3.05) is 13.6 Å². The Morgan fingerprint density at radius 3 is 2.50 bits per heavy atom. The van der Waals surface area contributed by atoms with Gasteiger partial charge in [-0.25, -0.2) is 4.39 Å². The topological polar surface area (TPSA) is 12.0 Å². The molecule has 1 atom stereocenters. The van der Waals surface area contributed by atoms with Gasteiger partial charge in [0.2, 0.25) is 0 Å². The van der Waals surface area contributed by atoms with E-state index in [-0.39, 0.29) is 5.82 Å². The van der Waals surface area contributed by atoms with Crippen LogP contribution < -0.4 is 5.32 Å². The van der Waals surface area contributed by atoms with Crippen molar-refractivity contribution in [1.29, 1.82) is 0 Å². The van der Waals surface area contributed by atoms with Gasteiger partial charge in [0.25, 0.3) is 0 Å². The molecule has 2 heteroatoms. The molecule has 1 rings (SSSR count). The Morgan fingerprint density at radius 2 is 1.94 bits per heavy atom. The Balaban J connectivity index is 2.49. The van der Waals surface area contributed by atoms with E-state index in [1.807, 2.05) is 19.2 Å². The lowest BCUT2D eigenvalue weighted by Gasteiger charge is -2.16. The second-order valence-corrected chi connectivity index (χ2v) is 4.40. The van der Waals surface area contributed by atoms with E-state index in [4.69, 9.17) is 0 Å². The van der Waals surface area contributed by atoms with E-state index < -0.39 is 0 Å². The normalized spacial score (nSPS) is 12.7. The molecule has 1 unspecified atom stereocenters. The fourth-order valence-corrected chi connectivity index (χ4v) is 2.01. The standard InChI is InChI=1S/C14H22FN/c1-3-4-5-13(11-16-2)10-12-6-8-14(15)9-7-12/h6-9,13,16H,3-5,10-11H2,1-2H3. The first-order valence-electron chi connectivity index (χ1n) is 6.15. The number of halogens is 1. The van der Waals surface area contributed by atoms with Gasteiger partial charge in [-0.3, -0.25) is 0 Å². The number of hydrogen-bond acceptors (Lipinski definition) is 1. The summed E-state index contributed by atoms with van der Waals surface area (Å²) in [4.78, 5) is 0. The van der Waals surface area contributed by atoms with Crippen molar-refractivity contribution in [3.8, 4) is 0 Å². The van der Waals surface area contributed by atoms with Crippen LogP contribution in [0, 0.1) is 11.7 Å².